The molecule has 0 spiro atoms. The molecule has 84 valence electrons. The van der Waals surface area contributed by atoms with Crippen LogP contribution in [0.2, 0.25) is 5.02 Å². The summed E-state index contributed by atoms with van der Waals surface area (Å²) in [4.78, 5) is 2.11. The molecule has 0 fully saturated rings. The first kappa shape index (κ1) is 12.5. The third-order valence-corrected chi connectivity index (χ3v) is 2.96. The van der Waals surface area contributed by atoms with Crippen molar-refractivity contribution in [2.24, 2.45) is 0 Å². The molecule has 0 aliphatic rings. The smallest absolute Gasteiger partial charge is 0.0610 e. The summed E-state index contributed by atoms with van der Waals surface area (Å²) in [7, 11) is 2.00. The standard InChI is InChI=1S/C12H18ClNO/c1-12(2,9-15)14(3)8-10-5-4-6-11(13)7-10/h4-7,15H,8-9H2,1-3H3. The summed E-state index contributed by atoms with van der Waals surface area (Å²) < 4.78 is 0. The summed E-state index contributed by atoms with van der Waals surface area (Å²) in [6.45, 7) is 4.95. The Morgan fingerprint density at radius 2 is 2.07 bits per heavy atom. The Kier molecular flexibility index (Phi) is 4.14. The van der Waals surface area contributed by atoms with Gasteiger partial charge in [-0.25, -0.2) is 0 Å². The maximum atomic E-state index is 9.23. The lowest BCUT2D eigenvalue weighted by Crippen LogP contribution is -2.43. The van der Waals surface area contributed by atoms with E-state index >= 15 is 0 Å². The maximum absolute atomic E-state index is 9.23. The van der Waals surface area contributed by atoms with Gasteiger partial charge in [0.25, 0.3) is 0 Å². The number of likely N-dealkylation sites (N-methyl/N-ethyl adjacent to an activating group) is 1. The van der Waals surface area contributed by atoms with Crippen LogP contribution in [0.3, 0.4) is 0 Å². The van der Waals surface area contributed by atoms with E-state index in [1.54, 1.807) is 0 Å². The molecule has 0 aliphatic heterocycles. The fraction of sp³-hybridized carbons (Fsp3) is 0.500. The maximum Gasteiger partial charge on any atom is 0.0610 e. The van der Waals surface area contributed by atoms with Crippen LogP contribution < -0.4 is 0 Å². The molecule has 0 atom stereocenters. The van der Waals surface area contributed by atoms with Gasteiger partial charge in [0.1, 0.15) is 0 Å². The molecule has 1 rings (SSSR count). The van der Waals surface area contributed by atoms with E-state index < -0.39 is 0 Å². The first-order valence-corrected chi connectivity index (χ1v) is 5.40. The summed E-state index contributed by atoms with van der Waals surface area (Å²) in [6.07, 6.45) is 0. The molecular formula is C12H18ClNO. The molecular weight excluding hydrogens is 210 g/mol. The minimum atomic E-state index is -0.206. The first-order valence-electron chi connectivity index (χ1n) is 5.02. The quantitative estimate of drug-likeness (QED) is 0.855. The number of rotatable bonds is 4. The van der Waals surface area contributed by atoms with Crippen molar-refractivity contribution in [2.75, 3.05) is 13.7 Å². The third kappa shape index (κ3) is 3.49. The van der Waals surface area contributed by atoms with Gasteiger partial charge in [0.05, 0.1) is 6.61 Å². The van der Waals surface area contributed by atoms with Crippen LogP contribution >= 0.6 is 11.6 Å². The molecule has 0 saturated carbocycles. The highest BCUT2D eigenvalue weighted by Gasteiger charge is 2.22. The highest BCUT2D eigenvalue weighted by atomic mass is 35.5. The summed E-state index contributed by atoms with van der Waals surface area (Å²) >= 11 is 5.91. The second kappa shape index (κ2) is 4.97. The van der Waals surface area contributed by atoms with Gasteiger partial charge in [0.2, 0.25) is 0 Å². The van der Waals surface area contributed by atoms with Crippen LogP contribution in [-0.2, 0) is 6.54 Å². The summed E-state index contributed by atoms with van der Waals surface area (Å²) in [5, 5.41) is 9.98. The predicted molar refractivity (Wildman–Crippen MR) is 64.1 cm³/mol. The minimum Gasteiger partial charge on any atom is -0.394 e. The fourth-order valence-corrected chi connectivity index (χ4v) is 1.46. The van der Waals surface area contributed by atoms with Gasteiger partial charge in [0, 0.05) is 17.1 Å². The van der Waals surface area contributed by atoms with Crippen molar-refractivity contribution < 1.29 is 5.11 Å². The van der Waals surface area contributed by atoms with Gasteiger partial charge in [-0.1, -0.05) is 23.7 Å². The van der Waals surface area contributed by atoms with Gasteiger partial charge in [-0.05, 0) is 38.6 Å². The molecule has 0 radical (unpaired) electrons. The topological polar surface area (TPSA) is 23.5 Å². The predicted octanol–water partition coefficient (Wildman–Crippen LogP) is 2.54. The zero-order chi connectivity index (χ0) is 11.5. The van der Waals surface area contributed by atoms with E-state index in [4.69, 9.17) is 11.6 Å². The van der Waals surface area contributed by atoms with Crippen LogP contribution in [-0.4, -0.2) is 29.2 Å². The van der Waals surface area contributed by atoms with Crippen LogP contribution in [0, 0.1) is 0 Å². The van der Waals surface area contributed by atoms with E-state index in [-0.39, 0.29) is 12.1 Å². The van der Waals surface area contributed by atoms with E-state index in [0.717, 1.165) is 17.1 Å². The highest BCUT2D eigenvalue weighted by molar-refractivity contribution is 6.30. The van der Waals surface area contributed by atoms with Crippen molar-refractivity contribution in [1.82, 2.24) is 4.90 Å². The summed E-state index contributed by atoms with van der Waals surface area (Å²) in [5.41, 5.74) is 0.953. The molecule has 0 amide bonds. The molecule has 0 aliphatic carbocycles. The monoisotopic (exact) mass is 227 g/mol. The van der Waals surface area contributed by atoms with Gasteiger partial charge in [-0.2, -0.15) is 0 Å². The van der Waals surface area contributed by atoms with Crippen LogP contribution in [0.1, 0.15) is 19.4 Å². The average molecular weight is 228 g/mol. The fourth-order valence-electron chi connectivity index (χ4n) is 1.24. The third-order valence-electron chi connectivity index (χ3n) is 2.73. The van der Waals surface area contributed by atoms with Crippen molar-refractivity contribution in [2.45, 2.75) is 25.9 Å². The van der Waals surface area contributed by atoms with Crippen LogP contribution in [0.4, 0.5) is 0 Å². The molecule has 1 aromatic rings. The molecule has 0 bridgehead atoms. The SMILES string of the molecule is CN(Cc1cccc(Cl)c1)C(C)(C)CO. The van der Waals surface area contributed by atoms with Crippen molar-refractivity contribution in [1.29, 1.82) is 0 Å². The molecule has 0 aromatic heterocycles. The van der Waals surface area contributed by atoms with Gasteiger partial charge in [-0.3, -0.25) is 4.90 Å². The number of benzene rings is 1. The van der Waals surface area contributed by atoms with Crippen LogP contribution in [0.25, 0.3) is 0 Å². The second-order valence-electron chi connectivity index (χ2n) is 4.46. The van der Waals surface area contributed by atoms with E-state index in [9.17, 15) is 5.11 Å². The van der Waals surface area contributed by atoms with Crippen molar-refractivity contribution in [3.05, 3.63) is 34.9 Å². The van der Waals surface area contributed by atoms with Crippen LogP contribution in [0.15, 0.2) is 24.3 Å². The Labute approximate surface area is 96.5 Å². The molecule has 0 unspecified atom stereocenters. The lowest BCUT2D eigenvalue weighted by Gasteiger charge is -2.33. The number of hydrogen-bond acceptors (Lipinski definition) is 2. The van der Waals surface area contributed by atoms with E-state index in [1.807, 2.05) is 45.2 Å². The van der Waals surface area contributed by atoms with Crippen molar-refractivity contribution in [3.63, 3.8) is 0 Å². The number of aliphatic hydroxyl groups is 1. The highest BCUT2D eigenvalue weighted by Crippen LogP contribution is 2.17. The van der Waals surface area contributed by atoms with Crippen LogP contribution in [0.5, 0.6) is 0 Å². The second-order valence-corrected chi connectivity index (χ2v) is 4.89. The summed E-state index contributed by atoms with van der Waals surface area (Å²) in [6, 6.07) is 7.79. The molecule has 0 saturated heterocycles. The molecule has 1 N–H and O–H groups in total. The Hall–Kier alpha value is -0.570. The summed E-state index contributed by atoms with van der Waals surface area (Å²) in [5.74, 6) is 0. The van der Waals surface area contributed by atoms with Crippen molar-refractivity contribution in [3.8, 4) is 0 Å². The Bertz CT molecular complexity index is 325. The minimum absolute atomic E-state index is 0.143. The van der Waals surface area contributed by atoms with Crippen molar-refractivity contribution >= 4 is 11.6 Å². The number of nitrogens with zero attached hydrogens (tertiary/aromatic N) is 1. The van der Waals surface area contributed by atoms with Gasteiger partial charge >= 0.3 is 0 Å². The van der Waals surface area contributed by atoms with Gasteiger partial charge < -0.3 is 5.11 Å². The Morgan fingerprint density at radius 1 is 1.40 bits per heavy atom. The number of halogens is 1. The zero-order valence-corrected chi connectivity index (χ0v) is 10.3. The number of aliphatic hydroxyl groups excluding tert-OH is 1. The molecule has 15 heavy (non-hydrogen) atoms. The number of hydrogen-bond donors (Lipinski definition) is 1. The zero-order valence-electron chi connectivity index (χ0n) is 9.50. The van der Waals surface area contributed by atoms with Gasteiger partial charge in [0.15, 0.2) is 0 Å². The van der Waals surface area contributed by atoms with E-state index in [1.165, 1.54) is 0 Å². The lowest BCUT2D eigenvalue weighted by atomic mass is 10.0. The Morgan fingerprint density at radius 3 is 2.60 bits per heavy atom. The normalized spacial score (nSPS) is 12.1. The largest absolute Gasteiger partial charge is 0.394 e. The first-order chi connectivity index (χ1) is 6.95. The van der Waals surface area contributed by atoms with Gasteiger partial charge in [-0.15, -0.1) is 0 Å². The van der Waals surface area contributed by atoms with E-state index in [0.29, 0.717) is 0 Å². The molecule has 3 heteroatoms. The Balaban J connectivity index is 2.70. The molecule has 2 nitrogen and oxygen atoms in total. The average Bonchev–Trinajstić information content (AvgIpc) is 2.17. The molecule has 0 heterocycles. The molecule has 1 aromatic carbocycles. The van der Waals surface area contributed by atoms with E-state index in [2.05, 4.69) is 4.90 Å². The lowest BCUT2D eigenvalue weighted by molar-refractivity contribution is 0.0734.